The van der Waals surface area contributed by atoms with Crippen molar-refractivity contribution in [3.63, 3.8) is 0 Å². The number of hydrogen-bond donors (Lipinski definition) is 1. The maximum Gasteiger partial charge on any atom is 0.271 e. The zero-order chi connectivity index (χ0) is 18.4. The second kappa shape index (κ2) is 8.69. The summed E-state index contributed by atoms with van der Waals surface area (Å²) in [5.41, 5.74) is 4.84. The van der Waals surface area contributed by atoms with Gasteiger partial charge in [-0.3, -0.25) is 4.79 Å². The quantitative estimate of drug-likeness (QED) is 0.646. The van der Waals surface area contributed by atoms with E-state index in [0.29, 0.717) is 16.3 Å². The molecule has 1 saturated heterocycles. The highest BCUT2D eigenvalue weighted by Crippen LogP contribution is 2.25. The molecule has 2 aromatic rings. The van der Waals surface area contributed by atoms with Crippen LogP contribution in [-0.2, 0) is 4.74 Å². The lowest BCUT2D eigenvalue weighted by molar-refractivity contribution is 0.0955. The highest BCUT2D eigenvalue weighted by atomic mass is 35.5. The van der Waals surface area contributed by atoms with Crippen LogP contribution in [0.2, 0.25) is 5.02 Å². The fraction of sp³-hybridized carbons (Fsp3) is 0.263. The average Bonchev–Trinajstić information content (AvgIpc) is 2.69. The number of hydrazone groups is 1. The third-order valence-electron chi connectivity index (χ3n) is 4.07. The number of methoxy groups -OCH3 is 1. The Hall–Kier alpha value is -2.57. The molecule has 26 heavy (non-hydrogen) atoms. The summed E-state index contributed by atoms with van der Waals surface area (Å²) < 4.78 is 10.8. The predicted octanol–water partition coefficient (Wildman–Crippen LogP) is 2.95. The lowest BCUT2D eigenvalue weighted by Crippen LogP contribution is -2.36. The number of benzene rings is 2. The first-order valence-corrected chi connectivity index (χ1v) is 8.65. The monoisotopic (exact) mass is 373 g/mol. The number of morpholine rings is 1. The molecule has 3 rings (SSSR count). The Balaban J connectivity index is 1.67. The van der Waals surface area contributed by atoms with Gasteiger partial charge in [0.15, 0.2) is 0 Å². The first-order valence-electron chi connectivity index (χ1n) is 8.27. The molecule has 2 aromatic carbocycles. The summed E-state index contributed by atoms with van der Waals surface area (Å²) in [6.07, 6.45) is 1.57. The molecule has 0 saturated carbocycles. The van der Waals surface area contributed by atoms with Crippen molar-refractivity contribution < 1.29 is 14.3 Å². The molecular formula is C19H20ClN3O3. The van der Waals surface area contributed by atoms with Crippen molar-refractivity contribution in [1.82, 2.24) is 5.43 Å². The molecule has 0 unspecified atom stereocenters. The number of amides is 1. The van der Waals surface area contributed by atoms with Crippen LogP contribution in [0, 0.1) is 0 Å². The molecule has 0 aromatic heterocycles. The van der Waals surface area contributed by atoms with Crippen LogP contribution >= 0.6 is 11.6 Å². The molecule has 0 atom stereocenters. The Morgan fingerprint density at radius 1 is 1.23 bits per heavy atom. The van der Waals surface area contributed by atoms with Crippen LogP contribution in [0.25, 0.3) is 0 Å². The van der Waals surface area contributed by atoms with Crippen molar-refractivity contribution in [1.29, 1.82) is 0 Å². The second-order valence-corrected chi connectivity index (χ2v) is 6.17. The van der Waals surface area contributed by atoms with Crippen LogP contribution in [0.4, 0.5) is 5.69 Å². The molecule has 6 nitrogen and oxygen atoms in total. The van der Waals surface area contributed by atoms with Crippen LogP contribution in [-0.4, -0.2) is 45.5 Å². The minimum Gasteiger partial charge on any atom is -0.496 e. The van der Waals surface area contributed by atoms with E-state index in [-0.39, 0.29) is 5.91 Å². The molecule has 136 valence electrons. The summed E-state index contributed by atoms with van der Waals surface area (Å²) in [6, 6.07) is 12.5. The highest BCUT2D eigenvalue weighted by molar-refractivity contribution is 6.30. The van der Waals surface area contributed by atoms with E-state index in [1.54, 1.807) is 37.6 Å². The van der Waals surface area contributed by atoms with Crippen LogP contribution in [0.5, 0.6) is 5.75 Å². The number of halogens is 1. The third kappa shape index (κ3) is 4.53. The normalized spacial score (nSPS) is 14.5. The molecular weight excluding hydrogens is 354 g/mol. The molecule has 1 amide bonds. The van der Waals surface area contributed by atoms with Gasteiger partial charge in [0.1, 0.15) is 5.75 Å². The summed E-state index contributed by atoms with van der Waals surface area (Å²) in [6.45, 7) is 3.16. The van der Waals surface area contributed by atoms with Gasteiger partial charge in [0.25, 0.3) is 5.91 Å². The molecule has 0 spiro atoms. The number of carbonyl (C=O) groups is 1. The Labute approximate surface area is 157 Å². The van der Waals surface area contributed by atoms with Gasteiger partial charge in [0.05, 0.1) is 26.5 Å². The molecule has 1 heterocycles. The number of nitrogens with one attached hydrogen (secondary N) is 1. The van der Waals surface area contributed by atoms with Crippen molar-refractivity contribution in [3.8, 4) is 5.75 Å². The summed E-state index contributed by atoms with van der Waals surface area (Å²) in [5, 5.41) is 4.60. The number of anilines is 1. The van der Waals surface area contributed by atoms with E-state index in [0.717, 1.165) is 37.6 Å². The van der Waals surface area contributed by atoms with Crippen molar-refractivity contribution in [2.75, 3.05) is 38.3 Å². The standard InChI is InChI=1S/C19H20ClN3O3/c1-25-18-12-17(23-8-10-26-11-9-23)7-4-15(18)13-21-22-19(24)14-2-5-16(20)6-3-14/h2-7,12-13H,8-11H2,1H3,(H,22,24)/b21-13-. The minimum atomic E-state index is -0.304. The van der Waals surface area contributed by atoms with E-state index >= 15 is 0 Å². The van der Waals surface area contributed by atoms with E-state index < -0.39 is 0 Å². The Morgan fingerprint density at radius 3 is 2.65 bits per heavy atom. The Morgan fingerprint density at radius 2 is 1.96 bits per heavy atom. The van der Waals surface area contributed by atoms with Crippen LogP contribution in [0.3, 0.4) is 0 Å². The van der Waals surface area contributed by atoms with E-state index in [2.05, 4.69) is 15.4 Å². The van der Waals surface area contributed by atoms with Crippen molar-refractivity contribution in [2.45, 2.75) is 0 Å². The zero-order valence-electron chi connectivity index (χ0n) is 14.4. The van der Waals surface area contributed by atoms with Gasteiger partial charge in [-0.2, -0.15) is 5.10 Å². The van der Waals surface area contributed by atoms with Gasteiger partial charge in [-0.05, 0) is 36.4 Å². The Kier molecular flexibility index (Phi) is 6.09. The maximum absolute atomic E-state index is 12.0. The predicted molar refractivity (Wildman–Crippen MR) is 103 cm³/mol. The molecule has 1 aliphatic heterocycles. The number of hydrogen-bond acceptors (Lipinski definition) is 5. The summed E-state index contributed by atoms with van der Waals surface area (Å²) in [5.74, 6) is 0.389. The first-order chi connectivity index (χ1) is 12.7. The van der Waals surface area contributed by atoms with Gasteiger partial charge in [0.2, 0.25) is 0 Å². The average molecular weight is 374 g/mol. The highest BCUT2D eigenvalue weighted by Gasteiger charge is 2.13. The maximum atomic E-state index is 12.0. The van der Waals surface area contributed by atoms with Gasteiger partial charge >= 0.3 is 0 Å². The molecule has 0 radical (unpaired) electrons. The van der Waals surface area contributed by atoms with Gasteiger partial charge in [-0.1, -0.05) is 11.6 Å². The molecule has 1 aliphatic rings. The van der Waals surface area contributed by atoms with E-state index in [9.17, 15) is 4.79 Å². The summed E-state index contributed by atoms with van der Waals surface area (Å²) in [4.78, 5) is 14.3. The van der Waals surface area contributed by atoms with Crippen LogP contribution in [0.1, 0.15) is 15.9 Å². The molecule has 1 N–H and O–H groups in total. The van der Waals surface area contributed by atoms with Gasteiger partial charge in [-0.15, -0.1) is 0 Å². The fourth-order valence-electron chi connectivity index (χ4n) is 2.65. The Bertz CT molecular complexity index is 787. The molecule has 0 aliphatic carbocycles. The number of carbonyl (C=O) groups excluding carboxylic acids is 1. The zero-order valence-corrected chi connectivity index (χ0v) is 15.2. The van der Waals surface area contributed by atoms with Crippen molar-refractivity contribution in [2.24, 2.45) is 5.10 Å². The molecule has 1 fully saturated rings. The fourth-order valence-corrected chi connectivity index (χ4v) is 2.78. The smallest absolute Gasteiger partial charge is 0.271 e. The van der Waals surface area contributed by atoms with E-state index in [1.807, 2.05) is 18.2 Å². The largest absolute Gasteiger partial charge is 0.496 e. The summed E-state index contributed by atoms with van der Waals surface area (Å²) >= 11 is 5.82. The molecule has 0 bridgehead atoms. The van der Waals surface area contributed by atoms with Gasteiger partial charge < -0.3 is 14.4 Å². The third-order valence-corrected chi connectivity index (χ3v) is 4.32. The number of ether oxygens (including phenoxy) is 2. The number of nitrogens with zero attached hydrogens (tertiary/aromatic N) is 2. The van der Waals surface area contributed by atoms with Gasteiger partial charge in [-0.25, -0.2) is 5.43 Å². The van der Waals surface area contributed by atoms with E-state index in [1.165, 1.54) is 0 Å². The number of rotatable bonds is 5. The minimum absolute atomic E-state index is 0.304. The lowest BCUT2D eigenvalue weighted by Gasteiger charge is -2.29. The van der Waals surface area contributed by atoms with Gasteiger partial charge in [0, 0.05) is 41.0 Å². The van der Waals surface area contributed by atoms with Crippen molar-refractivity contribution >= 4 is 29.4 Å². The van der Waals surface area contributed by atoms with E-state index in [4.69, 9.17) is 21.1 Å². The molecule has 7 heteroatoms. The van der Waals surface area contributed by atoms with Crippen LogP contribution < -0.4 is 15.1 Å². The van der Waals surface area contributed by atoms with Crippen molar-refractivity contribution in [3.05, 3.63) is 58.6 Å². The summed E-state index contributed by atoms with van der Waals surface area (Å²) in [7, 11) is 1.61. The first kappa shape index (κ1) is 18.2. The second-order valence-electron chi connectivity index (χ2n) is 5.73. The van der Waals surface area contributed by atoms with Crippen LogP contribution in [0.15, 0.2) is 47.6 Å². The SMILES string of the molecule is COc1cc(N2CCOCC2)ccc1/C=N\NC(=O)c1ccc(Cl)cc1. The topological polar surface area (TPSA) is 63.2 Å². The lowest BCUT2D eigenvalue weighted by atomic mass is 10.1.